The molecule has 0 radical (unpaired) electrons. The lowest BCUT2D eigenvalue weighted by Crippen LogP contribution is -2.56. The summed E-state index contributed by atoms with van der Waals surface area (Å²) in [6.07, 6.45) is 8.94. The van der Waals surface area contributed by atoms with Crippen molar-refractivity contribution in [2.24, 2.45) is 23.2 Å². The van der Waals surface area contributed by atoms with Crippen LogP contribution < -0.4 is 5.32 Å². The molecule has 1 aromatic carbocycles. The van der Waals surface area contributed by atoms with E-state index in [1.54, 1.807) is 0 Å². The van der Waals surface area contributed by atoms with Crippen LogP contribution in [0.3, 0.4) is 0 Å². The van der Waals surface area contributed by atoms with Gasteiger partial charge in [0.15, 0.2) is 0 Å². The van der Waals surface area contributed by atoms with E-state index in [1.165, 1.54) is 24.8 Å². The van der Waals surface area contributed by atoms with E-state index in [0.717, 1.165) is 62.1 Å². The number of hydrogen-bond acceptors (Lipinski definition) is 2. The summed E-state index contributed by atoms with van der Waals surface area (Å²) >= 11 is 0. The lowest BCUT2D eigenvalue weighted by Gasteiger charge is -2.56. The molecular weight excluding hydrogens is 336 g/mol. The van der Waals surface area contributed by atoms with Gasteiger partial charge in [0.2, 0.25) is 11.8 Å². The van der Waals surface area contributed by atoms with Gasteiger partial charge in [0.25, 0.3) is 0 Å². The van der Waals surface area contributed by atoms with E-state index < -0.39 is 0 Å². The summed E-state index contributed by atoms with van der Waals surface area (Å²) in [5, 5.41) is 3.04. The molecule has 0 spiro atoms. The van der Waals surface area contributed by atoms with Gasteiger partial charge in [0.05, 0.1) is 5.41 Å². The number of likely N-dealkylation sites (tertiary alicyclic amines) is 1. The first-order valence-corrected chi connectivity index (χ1v) is 10.7. The second-order valence-electron chi connectivity index (χ2n) is 9.71. The number of rotatable bonds is 3. The number of amides is 2. The van der Waals surface area contributed by atoms with Crippen LogP contribution >= 0.6 is 0 Å². The van der Waals surface area contributed by atoms with Crippen LogP contribution in [-0.4, -0.2) is 29.3 Å². The van der Waals surface area contributed by atoms with Gasteiger partial charge >= 0.3 is 0 Å². The fraction of sp³-hybridized carbons (Fsp3) is 0.652. The van der Waals surface area contributed by atoms with Crippen molar-refractivity contribution in [3.05, 3.63) is 29.8 Å². The topological polar surface area (TPSA) is 49.4 Å². The van der Waals surface area contributed by atoms with Gasteiger partial charge in [-0.1, -0.05) is 17.7 Å². The van der Waals surface area contributed by atoms with Gasteiger partial charge in [0, 0.05) is 12.2 Å². The predicted molar refractivity (Wildman–Crippen MR) is 105 cm³/mol. The largest absolute Gasteiger partial charge is 0.330 e. The quantitative estimate of drug-likeness (QED) is 0.874. The fourth-order valence-electron chi connectivity index (χ4n) is 6.82. The van der Waals surface area contributed by atoms with Crippen LogP contribution in [0.15, 0.2) is 24.3 Å². The van der Waals surface area contributed by atoms with Gasteiger partial charge in [-0.3, -0.25) is 9.59 Å². The average molecular weight is 367 g/mol. The Morgan fingerprint density at radius 1 is 1.00 bits per heavy atom. The second-order valence-corrected chi connectivity index (χ2v) is 9.71. The van der Waals surface area contributed by atoms with E-state index in [4.69, 9.17) is 0 Å². The molecule has 2 amide bonds. The Morgan fingerprint density at radius 3 is 2.19 bits per heavy atom. The lowest BCUT2D eigenvalue weighted by atomic mass is 9.49. The number of aryl methyl sites for hydroxylation is 1. The molecule has 0 aromatic heterocycles. The van der Waals surface area contributed by atoms with Crippen molar-refractivity contribution in [1.29, 1.82) is 0 Å². The van der Waals surface area contributed by atoms with Crippen molar-refractivity contribution in [2.75, 3.05) is 11.9 Å². The molecule has 5 aliphatic rings. The number of benzene rings is 1. The summed E-state index contributed by atoms with van der Waals surface area (Å²) in [7, 11) is 0. The zero-order valence-corrected chi connectivity index (χ0v) is 16.2. The first kappa shape index (κ1) is 17.3. The van der Waals surface area contributed by atoms with Gasteiger partial charge in [0.1, 0.15) is 6.04 Å². The van der Waals surface area contributed by atoms with Crippen molar-refractivity contribution in [3.63, 3.8) is 0 Å². The third-order valence-electron chi connectivity index (χ3n) is 7.63. The number of nitrogens with one attached hydrogen (secondary N) is 1. The molecule has 4 bridgehead atoms. The Bertz CT molecular complexity index is 719. The highest BCUT2D eigenvalue weighted by molar-refractivity contribution is 5.98. The minimum absolute atomic E-state index is 0.0190. The summed E-state index contributed by atoms with van der Waals surface area (Å²) in [5.41, 5.74) is 1.84. The van der Waals surface area contributed by atoms with Gasteiger partial charge < -0.3 is 10.2 Å². The standard InChI is InChI=1S/C23H30N2O2/c1-15-4-6-19(7-5-15)24-21(26)20-3-2-8-25(20)22(27)23-12-16-9-17(13-23)11-18(10-16)14-23/h4-7,16-18,20H,2-3,8-14H2,1H3,(H,24,26)/t16?,17?,18?,20-,23?/m1/s1. The summed E-state index contributed by atoms with van der Waals surface area (Å²) in [6, 6.07) is 7.58. The highest BCUT2D eigenvalue weighted by Gasteiger charge is 2.56. The molecule has 4 aliphatic carbocycles. The van der Waals surface area contributed by atoms with Crippen LogP contribution in [0.1, 0.15) is 56.9 Å². The maximum Gasteiger partial charge on any atom is 0.247 e. The molecule has 1 heterocycles. The minimum Gasteiger partial charge on any atom is -0.330 e. The molecule has 4 heteroatoms. The van der Waals surface area contributed by atoms with E-state index in [9.17, 15) is 9.59 Å². The van der Waals surface area contributed by atoms with Crippen LogP contribution in [0.4, 0.5) is 5.69 Å². The van der Waals surface area contributed by atoms with Crippen molar-refractivity contribution in [2.45, 2.75) is 64.3 Å². The van der Waals surface area contributed by atoms with Crippen LogP contribution in [0.25, 0.3) is 0 Å². The van der Waals surface area contributed by atoms with Gasteiger partial charge in [-0.05, 0) is 88.2 Å². The molecule has 0 unspecified atom stereocenters. The molecule has 144 valence electrons. The fourth-order valence-corrected chi connectivity index (χ4v) is 6.82. The maximum absolute atomic E-state index is 13.7. The smallest absolute Gasteiger partial charge is 0.247 e. The van der Waals surface area contributed by atoms with E-state index in [-0.39, 0.29) is 17.4 Å². The molecule has 1 saturated heterocycles. The first-order chi connectivity index (χ1) is 13.0. The van der Waals surface area contributed by atoms with Gasteiger partial charge in [-0.2, -0.15) is 0 Å². The van der Waals surface area contributed by atoms with Crippen molar-refractivity contribution >= 4 is 17.5 Å². The van der Waals surface area contributed by atoms with Crippen LogP contribution in [0.5, 0.6) is 0 Å². The van der Waals surface area contributed by atoms with Crippen LogP contribution in [-0.2, 0) is 9.59 Å². The number of nitrogens with zero attached hydrogens (tertiary/aromatic N) is 1. The molecular formula is C23H30N2O2. The Morgan fingerprint density at radius 2 is 1.59 bits per heavy atom. The first-order valence-electron chi connectivity index (χ1n) is 10.7. The normalized spacial score (nSPS) is 36.9. The lowest BCUT2D eigenvalue weighted by molar-refractivity contribution is -0.160. The van der Waals surface area contributed by atoms with Crippen molar-refractivity contribution in [1.82, 2.24) is 4.90 Å². The zero-order chi connectivity index (χ0) is 18.6. The van der Waals surface area contributed by atoms with E-state index in [2.05, 4.69) is 5.32 Å². The molecule has 1 atom stereocenters. The third kappa shape index (κ3) is 2.97. The van der Waals surface area contributed by atoms with E-state index >= 15 is 0 Å². The molecule has 1 N–H and O–H groups in total. The van der Waals surface area contributed by atoms with E-state index in [0.29, 0.717) is 5.91 Å². The summed E-state index contributed by atoms with van der Waals surface area (Å²) < 4.78 is 0. The molecule has 1 aliphatic heterocycles. The van der Waals surface area contributed by atoms with Crippen LogP contribution in [0, 0.1) is 30.1 Å². The molecule has 4 nitrogen and oxygen atoms in total. The number of carbonyl (C=O) groups excluding carboxylic acids is 2. The maximum atomic E-state index is 13.7. The van der Waals surface area contributed by atoms with E-state index in [1.807, 2.05) is 36.1 Å². The molecule has 1 aromatic rings. The Labute approximate surface area is 161 Å². The zero-order valence-electron chi connectivity index (χ0n) is 16.2. The summed E-state index contributed by atoms with van der Waals surface area (Å²) in [5.74, 6) is 2.53. The number of carbonyl (C=O) groups is 2. The Hall–Kier alpha value is -1.84. The SMILES string of the molecule is Cc1ccc(NC(=O)[C@H]2CCCN2C(=O)C23CC4CC(CC(C4)C2)C3)cc1. The van der Waals surface area contributed by atoms with Crippen LogP contribution in [0.2, 0.25) is 0 Å². The second kappa shape index (κ2) is 6.35. The monoisotopic (exact) mass is 366 g/mol. The average Bonchev–Trinajstić information content (AvgIpc) is 3.11. The number of anilines is 1. The predicted octanol–water partition coefficient (Wildman–Crippen LogP) is 4.14. The molecule has 27 heavy (non-hydrogen) atoms. The number of hydrogen-bond donors (Lipinski definition) is 1. The molecule has 4 saturated carbocycles. The highest BCUT2D eigenvalue weighted by Crippen LogP contribution is 2.60. The van der Waals surface area contributed by atoms with Gasteiger partial charge in [-0.25, -0.2) is 0 Å². The highest BCUT2D eigenvalue weighted by atomic mass is 16.2. The summed E-state index contributed by atoms with van der Waals surface area (Å²) in [4.78, 5) is 28.5. The molecule has 6 rings (SSSR count). The van der Waals surface area contributed by atoms with Crippen molar-refractivity contribution in [3.8, 4) is 0 Å². The Balaban J connectivity index is 1.32. The summed E-state index contributed by atoms with van der Waals surface area (Å²) in [6.45, 7) is 2.78. The Kier molecular flexibility index (Phi) is 4.06. The van der Waals surface area contributed by atoms with Gasteiger partial charge in [-0.15, -0.1) is 0 Å². The third-order valence-corrected chi connectivity index (χ3v) is 7.63. The van der Waals surface area contributed by atoms with Crippen molar-refractivity contribution < 1.29 is 9.59 Å². The molecule has 5 fully saturated rings. The minimum atomic E-state index is -0.299.